The first-order chi connectivity index (χ1) is 7.66. The summed E-state index contributed by atoms with van der Waals surface area (Å²) in [4.78, 5) is 0. The van der Waals surface area contributed by atoms with Gasteiger partial charge in [-0.15, -0.1) is 0 Å². The molecular weight excluding hydrogens is 194 g/mol. The van der Waals surface area contributed by atoms with Crippen molar-refractivity contribution in [1.82, 2.24) is 0 Å². The van der Waals surface area contributed by atoms with Crippen LogP contribution in [0.3, 0.4) is 0 Å². The number of aryl methyl sites for hydroxylation is 3. The molecule has 0 saturated heterocycles. The van der Waals surface area contributed by atoms with Crippen molar-refractivity contribution in [3.05, 3.63) is 34.9 Å². The van der Waals surface area contributed by atoms with E-state index < -0.39 is 0 Å². The van der Waals surface area contributed by atoms with E-state index in [9.17, 15) is 0 Å². The summed E-state index contributed by atoms with van der Waals surface area (Å²) < 4.78 is 0. The van der Waals surface area contributed by atoms with E-state index in [0.29, 0.717) is 6.04 Å². The largest absolute Gasteiger partial charge is 0.327 e. The third kappa shape index (κ3) is 2.65. The smallest absolute Gasteiger partial charge is 0.00672 e. The monoisotopic (exact) mass is 217 g/mol. The second kappa shape index (κ2) is 5.01. The highest BCUT2D eigenvalue weighted by atomic mass is 14.7. The molecule has 0 aromatic heterocycles. The van der Waals surface area contributed by atoms with Gasteiger partial charge in [0.25, 0.3) is 0 Å². The highest BCUT2D eigenvalue weighted by molar-refractivity contribution is 5.30. The second-order valence-electron chi connectivity index (χ2n) is 5.32. The van der Waals surface area contributed by atoms with Crippen LogP contribution in [0, 0.1) is 19.8 Å². The van der Waals surface area contributed by atoms with Crippen molar-refractivity contribution in [2.75, 3.05) is 0 Å². The zero-order chi connectivity index (χ0) is 11.5. The van der Waals surface area contributed by atoms with Crippen LogP contribution < -0.4 is 5.73 Å². The molecule has 1 aromatic carbocycles. The molecule has 2 atom stereocenters. The van der Waals surface area contributed by atoms with Gasteiger partial charge in [0.1, 0.15) is 0 Å². The molecule has 1 aromatic rings. The van der Waals surface area contributed by atoms with Gasteiger partial charge >= 0.3 is 0 Å². The van der Waals surface area contributed by atoms with E-state index in [4.69, 9.17) is 5.73 Å². The first-order valence-corrected chi connectivity index (χ1v) is 6.48. The fourth-order valence-electron chi connectivity index (χ4n) is 2.83. The molecule has 0 heterocycles. The van der Waals surface area contributed by atoms with Gasteiger partial charge in [-0.1, -0.05) is 30.2 Å². The van der Waals surface area contributed by atoms with Crippen molar-refractivity contribution in [3.8, 4) is 0 Å². The number of rotatable bonds is 3. The van der Waals surface area contributed by atoms with Crippen molar-refractivity contribution >= 4 is 0 Å². The maximum atomic E-state index is 6.11. The fourth-order valence-corrected chi connectivity index (χ4v) is 2.83. The van der Waals surface area contributed by atoms with E-state index >= 15 is 0 Å². The zero-order valence-electron chi connectivity index (χ0n) is 10.5. The van der Waals surface area contributed by atoms with E-state index in [1.165, 1.54) is 48.8 Å². The normalized spacial score (nSPS) is 24.9. The average Bonchev–Trinajstić information content (AvgIpc) is 2.66. The summed E-state index contributed by atoms with van der Waals surface area (Å²) in [5.74, 6) is 0.764. The van der Waals surface area contributed by atoms with Crippen LogP contribution in [0.1, 0.15) is 42.4 Å². The molecule has 1 fully saturated rings. The van der Waals surface area contributed by atoms with Crippen LogP contribution in [0.5, 0.6) is 0 Å². The standard InChI is InChI=1S/C15H23N/c1-11-6-7-12(2)14(10-11)9-8-13-4-3-5-15(13)16/h6-7,10,13,15H,3-5,8-9,16H2,1-2H3. The lowest BCUT2D eigenvalue weighted by Crippen LogP contribution is -2.24. The maximum absolute atomic E-state index is 6.11. The average molecular weight is 217 g/mol. The lowest BCUT2D eigenvalue weighted by Gasteiger charge is -2.16. The molecule has 1 saturated carbocycles. The Morgan fingerprint density at radius 2 is 2.06 bits per heavy atom. The Labute approximate surface area is 99.0 Å². The fraction of sp³-hybridized carbons (Fsp3) is 0.600. The van der Waals surface area contributed by atoms with Gasteiger partial charge in [-0.25, -0.2) is 0 Å². The first kappa shape index (κ1) is 11.7. The predicted octanol–water partition coefficient (Wildman–Crippen LogP) is 3.36. The summed E-state index contributed by atoms with van der Waals surface area (Å²) in [6.45, 7) is 4.38. The van der Waals surface area contributed by atoms with Gasteiger partial charge in [0, 0.05) is 6.04 Å². The Hall–Kier alpha value is -0.820. The van der Waals surface area contributed by atoms with Crippen molar-refractivity contribution in [2.24, 2.45) is 11.7 Å². The van der Waals surface area contributed by atoms with Gasteiger partial charge in [0.05, 0.1) is 0 Å². The van der Waals surface area contributed by atoms with E-state index in [1.807, 2.05) is 0 Å². The third-order valence-electron chi connectivity index (χ3n) is 4.01. The van der Waals surface area contributed by atoms with Gasteiger partial charge < -0.3 is 5.73 Å². The van der Waals surface area contributed by atoms with Crippen molar-refractivity contribution in [3.63, 3.8) is 0 Å². The van der Waals surface area contributed by atoms with Gasteiger partial charge in [-0.3, -0.25) is 0 Å². The number of hydrogen-bond donors (Lipinski definition) is 1. The van der Waals surface area contributed by atoms with E-state index in [2.05, 4.69) is 32.0 Å². The quantitative estimate of drug-likeness (QED) is 0.825. The Balaban J connectivity index is 1.96. The number of nitrogens with two attached hydrogens (primary N) is 1. The summed E-state index contributed by atoms with van der Waals surface area (Å²) in [7, 11) is 0. The minimum absolute atomic E-state index is 0.463. The highest BCUT2D eigenvalue weighted by Gasteiger charge is 2.23. The Bertz CT molecular complexity index is 356. The molecule has 0 bridgehead atoms. The first-order valence-electron chi connectivity index (χ1n) is 6.48. The molecule has 1 aliphatic rings. The second-order valence-corrected chi connectivity index (χ2v) is 5.32. The molecule has 2 N–H and O–H groups in total. The Kier molecular flexibility index (Phi) is 3.65. The third-order valence-corrected chi connectivity index (χ3v) is 4.01. The van der Waals surface area contributed by atoms with Crippen LogP contribution in [-0.4, -0.2) is 6.04 Å². The van der Waals surface area contributed by atoms with E-state index in [1.54, 1.807) is 0 Å². The van der Waals surface area contributed by atoms with Gasteiger partial charge in [0.2, 0.25) is 0 Å². The molecule has 0 aliphatic heterocycles. The Morgan fingerprint density at radius 3 is 2.75 bits per heavy atom. The molecule has 0 radical (unpaired) electrons. The molecule has 88 valence electrons. The van der Waals surface area contributed by atoms with Crippen LogP contribution in [0.2, 0.25) is 0 Å². The molecular formula is C15H23N. The topological polar surface area (TPSA) is 26.0 Å². The van der Waals surface area contributed by atoms with Crippen molar-refractivity contribution in [2.45, 2.75) is 52.0 Å². The lowest BCUT2D eigenvalue weighted by atomic mass is 9.93. The maximum Gasteiger partial charge on any atom is 0.00672 e. The minimum Gasteiger partial charge on any atom is -0.327 e. The molecule has 1 aliphatic carbocycles. The van der Waals surface area contributed by atoms with Gasteiger partial charge in [-0.2, -0.15) is 0 Å². The minimum atomic E-state index is 0.463. The lowest BCUT2D eigenvalue weighted by molar-refractivity contribution is 0.447. The zero-order valence-corrected chi connectivity index (χ0v) is 10.5. The van der Waals surface area contributed by atoms with Crippen LogP contribution in [0.15, 0.2) is 18.2 Å². The van der Waals surface area contributed by atoms with Crippen molar-refractivity contribution < 1.29 is 0 Å². The molecule has 2 unspecified atom stereocenters. The van der Waals surface area contributed by atoms with Crippen molar-refractivity contribution in [1.29, 1.82) is 0 Å². The summed E-state index contributed by atoms with van der Waals surface area (Å²) in [6.07, 6.45) is 6.37. The van der Waals surface area contributed by atoms with E-state index in [-0.39, 0.29) is 0 Å². The molecule has 1 heteroatoms. The molecule has 2 rings (SSSR count). The van der Waals surface area contributed by atoms with Crippen LogP contribution in [-0.2, 0) is 6.42 Å². The Morgan fingerprint density at radius 1 is 1.25 bits per heavy atom. The van der Waals surface area contributed by atoms with Crippen LogP contribution in [0.25, 0.3) is 0 Å². The summed E-state index contributed by atoms with van der Waals surface area (Å²) in [6, 6.07) is 7.22. The van der Waals surface area contributed by atoms with Crippen LogP contribution >= 0.6 is 0 Å². The molecule has 16 heavy (non-hydrogen) atoms. The molecule has 0 spiro atoms. The number of hydrogen-bond acceptors (Lipinski definition) is 1. The summed E-state index contributed by atoms with van der Waals surface area (Å²) >= 11 is 0. The summed E-state index contributed by atoms with van der Waals surface area (Å²) in [5.41, 5.74) is 10.4. The summed E-state index contributed by atoms with van der Waals surface area (Å²) in [5, 5.41) is 0. The SMILES string of the molecule is Cc1ccc(C)c(CCC2CCCC2N)c1. The predicted molar refractivity (Wildman–Crippen MR) is 69.6 cm³/mol. The van der Waals surface area contributed by atoms with Gasteiger partial charge in [0.15, 0.2) is 0 Å². The van der Waals surface area contributed by atoms with Crippen LogP contribution in [0.4, 0.5) is 0 Å². The number of benzene rings is 1. The molecule has 0 amide bonds. The van der Waals surface area contributed by atoms with Gasteiger partial charge in [-0.05, 0) is 56.6 Å². The highest BCUT2D eigenvalue weighted by Crippen LogP contribution is 2.28. The van der Waals surface area contributed by atoms with E-state index in [0.717, 1.165) is 5.92 Å². The molecule has 1 nitrogen and oxygen atoms in total.